The molecule has 3 aromatic heterocycles. The molecule has 0 amide bonds. The van der Waals surface area contributed by atoms with Crippen molar-refractivity contribution in [2.24, 2.45) is 0 Å². The molecule has 0 atom stereocenters. The molecule has 0 saturated carbocycles. The van der Waals surface area contributed by atoms with Gasteiger partial charge >= 0.3 is 0 Å². The van der Waals surface area contributed by atoms with Crippen LogP contribution in [0.3, 0.4) is 0 Å². The Kier molecular flexibility index (Phi) is 4.93. The first kappa shape index (κ1) is 24.3. The van der Waals surface area contributed by atoms with Gasteiger partial charge in [0.25, 0.3) is 0 Å². The summed E-state index contributed by atoms with van der Waals surface area (Å²) < 4.78 is 6.17. The fourth-order valence-corrected chi connectivity index (χ4v) is 6.84. The lowest BCUT2D eigenvalue weighted by molar-refractivity contribution is 0.668. The molecule has 5 nitrogen and oxygen atoms in total. The van der Waals surface area contributed by atoms with Crippen molar-refractivity contribution >= 4 is 43.6 Å². The largest absolute Gasteiger partial charge is 0.454 e. The van der Waals surface area contributed by atoms with Crippen LogP contribution >= 0.6 is 0 Å². The van der Waals surface area contributed by atoms with Crippen molar-refractivity contribution < 1.29 is 4.42 Å². The van der Waals surface area contributed by atoms with Crippen molar-refractivity contribution in [3.05, 3.63) is 134 Å². The second-order valence-electron chi connectivity index (χ2n) is 11.5. The zero-order valence-electron chi connectivity index (χ0n) is 23.9. The van der Waals surface area contributed by atoms with Crippen molar-refractivity contribution in [3.8, 4) is 56.4 Å². The van der Waals surface area contributed by atoms with Gasteiger partial charge < -0.3 is 4.42 Å². The van der Waals surface area contributed by atoms with Gasteiger partial charge in [0, 0.05) is 22.9 Å². The fourth-order valence-electron chi connectivity index (χ4n) is 6.84. The molecule has 5 heteroatoms. The van der Waals surface area contributed by atoms with Crippen LogP contribution < -0.4 is 0 Å². The molecule has 6 aromatic carbocycles. The zero-order chi connectivity index (χ0) is 29.5. The third-order valence-electron chi connectivity index (χ3n) is 8.90. The van der Waals surface area contributed by atoms with Crippen molar-refractivity contribution in [2.75, 3.05) is 0 Å². The van der Waals surface area contributed by atoms with Gasteiger partial charge in [0.15, 0.2) is 23.1 Å². The van der Waals surface area contributed by atoms with E-state index in [1.54, 1.807) is 6.20 Å². The van der Waals surface area contributed by atoms with E-state index in [0.29, 0.717) is 17.5 Å². The molecule has 0 spiro atoms. The average Bonchev–Trinajstić information content (AvgIpc) is 3.65. The normalized spacial score (nSPS) is 12.0. The summed E-state index contributed by atoms with van der Waals surface area (Å²) in [5, 5.41) is 5.74. The van der Waals surface area contributed by atoms with E-state index in [2.05, 4.69) is 102 Å². The van der Waals surface area contributed by atoms with Gasteiger partial charge in [-0.25, -0.2) is 15.0 Å². The Hall–Kier alpha value is -6.20. The van der Waals surface area contributed by atoms with E-state index in [1.165, 1.54) is 38.4 Å². The first-order valence-electron chi connectivity index (χ1n) is 15.0. The molecule has 1 aliphatic carbocycles. The monoisotopic (exact) mass is 574 g/mol. The van der Waals surface area contributed by atoms with Crippen LogP contribution in [0.4, 0.5) is 0 Å². The second kappa shape index (κ2) is 9.15. The summed E-state index contributed by atoms with van der Waals surface area (Å²) in [7, 11) is 0. The number of hydrogen-bond donors (Lipinski definition) is 0. The zero-order valence-corrected chi connectivity index (χ0v) is 23.9. The number of pyridine rings is 1. The molecule has 0 saturated heterocycles. The Morgan fingerprint density at radius 2 is 1.07 bits per heavy atom. The number of hydrogen-bond acceptors (Lipinski definition) is 5. The predicted octanol–water partition coefficient (Wildman–Crippen LogP) is 10.1. The topological polar surface area (TPSA) is 64.7 Å². The van der Waals surface area contributed by atoms with E-state index in [1.807, 2.05) is 30.3 Å². The number of fused-ring (bicyclic) bond motifs is 7. The fraction of sp³-hybridized carbons (Fsp3) is 0. The number of rotatable bonds is 3. The van der Waals surface area contributed by atoms with E-state index in [0.717, 1.165) is 44.1 Å². The Morgan fingerprint density at radius 1 is 0.400 bits per heavy atom. The third-order valence-corrected chi connectivity index (χ3v) is 8.90. The molecule has 0 aliphatic heterocycles. The molecule has 208 valence electrons. The molecule has 1 aliphatic rings. The third kappa shape index (κ3) is 3.61. The van der Waals surface area contributed by atoms with Crippen molar-refractivity contribution in [3.63, 3.8) is 0 Å². The molecule has 0 radical (unpaired) electrons. The number of benzene rings is 6. The van der Waals surface area contributed by atoms with Crippen LogP contribution in [0.15, 0.2) is 138 Å². The van der Waals surface area contributed by atoms with Crippen LogP contribution in [0, 0.1) is 0 Å². The van der Waals surface area contributed by atoms with Crippen LogP contribution in [-0.2, 0) is 0 Å². The molecule has 0 fully saturated rings. The Morgan fingerprint density at radius 3 is 1.93 bits per heavy atom. The van der Waals surface area contributed by atoms with Crippen LogP contribution in [0.2, 0.25) is 0 Å². The lowest BCUT2D eigenvalue weighted by atomic mass is 10.0. The summed E-state index contributed by atoms with van der Waals surface area (Å²) in [5.74, 6) is 1.81. The molecule has 0 bridgehead atoms. The Bertz CT molecular complexity index is 2670. The predicted molar refractivity (Wildman–Crippen MR) is 181 cm³/mol. The minimum Gasteiger partial charge on any atom is -0.454 e. The van der Waals surface area contributed by atoms with Crippen LogP contribution in [0.25, 0.3) is 100 Å². The summed E-state index contributed by atoms with van der Waals surface area (Å²) in [6.45, 7) is 0. The van der Waals surface area contributed by atoms with E-state index < -0.39 is 0 Å². The summed E-state index contributed by atoms with van der Waals surface area (Å²) >= 11 is 0. The Balaban J connectivity index is 1.22. The highest BCUT2D eigenvalue weighted by molar-refractivity contribution is 6.15. The van der Waals surface area contributed by atoms with Crippen LogP contribution in [0.1, 0.15) is 0 Å². The van der Waals surface area contributed by atoms with Gasteiger partial charge in [0.05, 0.1) is 5.39 Å². The smallest absolute Gasteiger partial charge is 0.164 e. The lowest BCUT2D eigenvalue weighted by Gasteiger charge is -2.11. The standard InChI is InChI=1S/C40H22N4O/c1-2-8-25-21-26(17-16-23(25)7-1)38-42-39(27-18-19-28-29-11-3-9-24-10-4-12-30(35(24)29)32(28)22-27)44-40(43-38)31-13-5-14-33-36(31)37-34(45-33)15-6-20-41-37/h1-22H. The van der Waals surface area contributed by atoms with Gasteiger partial charge in [-0.15, -0.1) is 0 Å². The van der Waals surface area contributed by atoms with Gasteiger partial charge in [-0.2, -0.15) is 0 Å². The SMILES string of the molecule is c1ccc2cc(-c3nc(-c4ccc5c(c4)-c4cccc6cccc-5c46)nc(-c4cccc5oc6cccnc6c45)n3)ccc2c1. The van der Waals surface area contributed by atoms with Gasteiger partial charge in [-0.1, -0.05) is 97.1 Å². The molecule has 0 unspecified atom stereocenters. The summed E-state index contributed by atoms with van der Waals surface area (Å²) in [6.07, 6.45) is 1.79. The van der Waals surface area contributed by atoms with E-state index >= 15 is 0 Å². The maximum absolute atomic E-state index is 6.17. The molecule has 0 N–H and O–H groups in total. The van der Waals surface area contributed by atoms with Gasteiger partial charge in [0.1, 0.15) is 11.1 Å². The van der Waals surface area contributed by atoms with E-state index in [4.69, 9.17) is 19.4 Å². The molecule has 45 heavy (non-hydrogen) atoms. The molecule has 3 heterocycles. The summed E-state index contributed by atoms with van der Waals surface area (Å²) in [5.41, 5.74) is 9.93. The maximum atomic E-state index is 6.17. The quantitative estimate of drug-likeness (QED) is 0.210. The number of furan rings is 1. The minimum absolute atomic E-state index is 0.577. The van der Waals surface area contributed by atoms with E-state index in [-0.39, 0.29) is 0 Å². The number of nitrogens with zero attached hydrogens (tertiary/aromatic N) is 4. The highest BCUT2D eigenvalue weighted by atomic mass is 16.3. The van der Waals surface area contributed by atoms with Gasteiger partial charge in [0.2, 0.25) is 0 Å². The van der Waals surface area contributed by atoms with Gasteiger partial charge in [-0.05, 0) is 74.1 Å². The molecule has 10 rings (SSSR count). The molecular weight excluding hydrogens is 552 g/mol. The maximum Gasteiger partial charge on any atom is 0.164 e. The van der Waals surface area contributed by atoms with Crippen molar-refractivity contribution in [1.82, 2.24) is 19.9 Å². The highest BCUT2D eigenvalue weighted by Crippen LogP contribution is 2.48. The second-order valence-corrected chi connectivity index (χ2v) is 11.5. The first-order valence-corrected chi connectivity index (χ1v) is 15.0. The Labute approximate surface area is 257 Å². The lowest BCUT2D eigenvalue weighted by Crippen LogP contribution is -2.00. The van der Waals surface area contributed by atoms with Crippen LogP contribution in [0.5, 0.6) is 0 Å². The first-order chi connectivity index (χ1) is 22.3. The summed E-state index contributed by atoms with van der Waals surface area (Å²) in [4.78, 5) is 20.0. The van der Waals surface area contributed by atoms with E-state index in [9.17, 15) is 0 Å². The average molecular weight is 575 g/mol. The van der Waals surface area contributed by atoms with Gasteiger partial charge in [-0.3, -0.25) is 4.98 Å². The number of aromatic nitrogens is 4. The molecule has 9 aromatic rings. The van der Waals surface area contributed by atoms with Crippen molar-refractivity contribution in [1.29, 1.82) is 0 Å². The highest BCUT2D eigenvalue weighted by Gasteiger charge is 2.23. The van der Waals surface area contributed by atoms with Crippen molar-refractivity contribution in [2.45, 2.75) is 0 Å². The summed E-state index contributed by atoms with van der Waals surface area (Å²) in [6, 6.07) is 44.1. The minimum atomic E-state index is 0.577. The van der Waals surface area contributed by atoms with Crippen LogP contribution in [-0.4, -0.2) is 19.9 Å². The molecular formula is C40H22N4O.